The van der Waals surface area contributed by atoms with Crippen LogP contribution < -0.4 is 5.73 Å². The fraction of sp³-hybridized carbons (Fsp3) is 0.417. The van der Waals surface area contributed by atoms with Crippen molar-refractivity contribution in [3.8, 4) is 0 Å². The minimum absolute atomic E-state index is 0.196. The summed E-state index contributed by atoms with van der Waals surface area (Å²) in [6, 6.07) is 6.20. The van der Waals surface area contributed by atoms with Gasteiger partial charge in [0.1, 0.15) is 5.78 Å². The lowest BCUT2D eigenvalue weighted by atomic mass is 10.0. The van der Waals surface area contributed by atoms with Gasteiger partial charge in [-0.2, -0.15) is 0 Å². The first-order valence-electron chi connectivity index (χ1n) is 4.97. The summed E-state index contributed by atoms with van der Waals surface area (Å²) in [5, 5.41) is 0. The summed E-state index contributed by atoms with van der Waals surface area (Å²) in [5.74, 6) is 0.196. The highest BCUT2D eigenvalue weighted by Crippen LogP contribution is 2.11. The van der Waals surface area contributed by atoms with E-state index < -0.39 is 0 Å². The lowest BCUT2D eigenvalue weighted by Crippen LogP contribution is -2.02. The normalized spacial score (nSPS) is 10.2. The number of carbonyl (C=O) groups excluding carboxylic acids is 1. The summed E-state index contributed by atoms with van der Waals surface area (Å²) in [6.07, 6.45) is 1.50. The Morgan fingerprint density at radius 3 is 2.29 bits per heavy atom. The van der Waals surface area contributed by atoms with Crippen LogP contribution in [0.25, 0.3) is 0 Å². The van der Waals surface area contributed by atoms with E-state index in [1.165, 1.54) is 5.56 Å². The molecule has 0 aromatic heterocycles. The van der Waals surface area contributed by atoms with Crippen LogP contribution in [-0.2, 0) is 24.2 Å². The van der Waals surface area contributed by atoms with E-state index in [4.69, 9.17) is 5.73 Å². The molecule has 0 fully saturated rings. The van der Waals surface area contributed by atoms with Crippen LogP contribution in [0, 0.1) is 0 Å². The molecular weight excluding hydrogens is 174 g/mol. The number of carbonyl (C=O) groups is 1. The van der Waals surface area contributed by atoms with Gasteiger partial charge in [0, 0.05) is 13.0 Å². The molecule has 14 heavy (non-hydrogen) atoms. The zero-order valence-corrected chi connectivity index (χ0v) is 8.84. The summed E-state index contributed by atoms with van der Waals surface area (Å²) in [4.78, 5) is 11.0. The molecule has 2 heteroatoms. The molecule has 0 saturated carbocycles. The molecule has 1 rings (SSSR count). The molecule has 1 aromatic rings. The highest BCUT2D eigenvalue weighted by Gasteiger charge is 2.01. The predicted molar refractivity (Wildman–Crippen MR) is 58.1 cm³/mol. The maximum absolute atomic E-state index is 11.0. The number of aryl methyl sites for hydroxylation is 1. The quantitative estimate of drug-likeness (QED) is 0.789. The number of ketones is 1. The van der Waals surface area contributed by atoms with Crippen molar-refractivity contribution in [2.24, 2.45) is 5.73 Å². The Kier molecular flexibility index (Phi) is 3.84. The summed E-state index contributed by atoms with van der Waals surface area (Å²) in [5.41, 5.74) is 9.03. The Labute approximate surface area is 85.1 Å². The van der Waals surface area contributed by atoms with E-state index in [1.807, 2.05) is 6.07 Å². The van der Waals surface area contributed by atoms with Crippen LogP contribution in [0.1, 0.15) is 30.5 Å². The van der Waals surface area contributed by atoms with Gasteiger partial charge in [-0.1, -0.05) is 25.1 Å². The molecule has 2 nitrogen and oxygen atoms in total. The third-order valence-electron chi connectivity index (χ3n) is 2.21. The van der Waals surface area contributed by atoms with Gasteiger partial charge in [-0.3, -0.25) is 4.79 Å². The van der Waals surface area contributed by atoms with E-state index in [1.54, 1.807) is 6.92 Å². The smallest absolute Gasteiger partial charge is 0.134 e. The van der Waals surface area contributed by atoms with Crippen LogP contribution in [0.4, 0.5) is 0 Å². The Balaban J connectivity index is 2.98. The lowest BCUT2D eigenvalue weighted by molar-refractivity contribution is -0.116. The predicted octanol–water partition coefficient (Wildman–Crippen LogP) is 1.84. The van der Waals surface area contributed by atoms with Crippen molar-refractivity contribution in [2.75, 3.05) is 0 Å². The molecule has 0 spiro atoms. The molecule has 0 unspecified atom stereocenters. The zero-order valence-electron chi connectivity index (χ0n) is 8.84. The first-order valence-corrected chi connectivity index (χ1v) is 4.97. The van der Waals surface area contributed by atoms with Crippen molar-refractivity contribution in [1.82, 2.24) is 0 Å². The van der Waals surface area contributed by atoms with Gasteiger partial charge in [0.2, 0.25) is 0 Å². The first-order chi connectivity index (χ1) is 6.65. The standard InChI is InChI=1S/C12H17NO/c1-3-10-5-11(4-9(2)14)7-12(6-10)8-13/h5-7H,3-4,8,13H2,1-2H3. The molecule has 2 N–H and O–H groups in total. The molecule has 0 atom stereocenters. The van der Waals surface area contributed by atoms with Gasteiger partial charge in [0.05, 0.1) is 0 Å². The van der Waals surface area contributed by atoms with Gasteiger partial charge in [-0.15, -0.1) is 0 Å². The highest BCUT2D eigenvalue weighted by atomic mass is 16.1. The molecule has 0 radical (unpaired) electrons. The fourth-order valence-corrected chi connectivity index (χ4v) is 1.55. The lowest BCUT2D eigenvalue weighted by Gasteiger charge is -2.05. The Hall–Kier alpha value is -1.15. The topological polar surface area (TPSA) is 43.1 Å². The molecule has 0 aliphatic heterocycles. The minimum Gasteiger partial charge on any atom is -0.326 e. The van der Waals surface area contributed by atoms with E-state index in [2.05, 4.69) is 19.1 Å². The highest BCUT2D eigenvalue weighted by molar-refractivity contribution is 5.78. The van der Waals surface area contributed by atoms with E-state index in [0.717, 1.165) is 17.5 Å². The Morgan fingerprint density at radius 2 is 1.79 bits per heavy atom. The minimum atomic E-state index is 0.196. The van der Waals surface area contributed by atoms with Crippen LogP contribution in [0.15, 0.2) is 18.2 Å². The van der Waals surface area contributed by atoms with Crippen molar-refractivity contribution < 1.29 is 4.79 Å². The van der Waals surface area contributed by atoms with Gasteiger partial charge in [0.25, 0.3) is 0 Å². The van der Waals surface area contributed by atoms with E-state index in [0.29, 0.717) is 13.0 Å². The van der Waals surface area contributed by atoms with E-state index in [9.17, 15) is 4.79 Å². The summed E-state index contributed by atoms with van der Waals surface area (Å²) >= 11 is 0. The van der Waals surface area contributed by atoms with E-state index >= 15 is 0 Å². The molecule has 76 valence electrons. The summed E-state index contributed by atoms with van der Waals surface area (Å²) in [7, 11) is 0. The summed E-state index contributed by atoms with van der Waals surface area (Å²) < 4.78 is 0. The number of nitrogens with two attached hydrogens (primary N) is 1. The van der Waals surface area contributed by atoms with Gasteiger partial charge in [-0.25, -0.2) is 0 Å². The first kappa shape index (κ1) is 10.9. The maximum atomic E-state index is 11.0. The third kappa shape index (κ3) is 2.96. The van der Waals surface area contributed by atoms with Crippen LogP contribution in [0.2, 0.25) is 0 Å². The average Bonchev–Trinajstić information content (AvgIpc) is 2.16. The third-order valence-corrected chi connectivity index (χ3v) is 2.21. The largest absolute Gasteiger partial charge is 0.326 e. The molecule has 0 heterocycles. The Morgan fingerprint density at radius 1 is 1.21 bits per heavy atom. The second-order valence-corrected chi connectivity index (χ2v) is 3.59. The number of benzene rings is 1. The van der Waals surface area contributed by atoms with E-state index in [-0.39, 0.29) is 5.78 Å². The van der Waals surface area contributed by atoms with Gasteiger partial charge in [-0.05, 0) is 30.0 Å². The van der Waals surface area contributed by atoms with Gasteiger partial charge < -0.3 is 5.73 Å². The molecule has 1 aromatic carbocycles. The van der Waals surface area contributed by atoms with Crippen LogP contribution in [0.3, 0.4) is 0 Å². The van der Waals surface area contributed by atoms with Crippen molar-refractivity contribution in [2.45, 2.75) is 33.2 Å². The Bertz CT molecular complexity index is 309. The molecule has 0 saturated heterocycles. The second kappa shape index (κ2) is 4.91. The monoisotopic (exact) mass is 191 g/mol. The van der Waals surface area contributed by atoms with Gasteiger partial charge >= 0.3 is 0 Å². The maximum Gasteiger partial charge on any atom is 0.134 e. The molecule has 0 bridgehead atoms. The summed E-state index contributed by atoms with van der Waals surface area (Å²) in [6.45, 7) is 4.26. The molecule has 0 amide bonds. The van der Waals surface area contributed by atoms with Crippen molar-refractivity contribution in [3.05, 3.63) is 34.9 Å². The number of rotatable bonds is 4. The molecular formula is C12H17NO. The van der Waals surface area contributed by atoms with Crippen LogP contribution >= 0.6 is 0 Å². The van der Waals surface area contributed by atoms with Crippen molar-refractivity contribution in [3.63, 3.8) is 0 Å². The van der Waals surface area contributed by atoms with Crippen LogP contribution in [0.5, 0.6) is 0 Å². The number of hydrogen-bond acceptors (Lipinski definition) is 2. The SMILES string of the molecule is CCc1cc(CN)cc(CC(C)=O)c1. The van der Waals surface area contributed by atoms with Crippen LogP contribution in [-0.4, -0.2) is 5.78 Å². The molecule has 0 aliphatic carbocycles. The van der Waals surface area contributed by atoms with Crippen molar-refractivity contribution >= 4 is 5.78 Å². The molecule has 0 aliphatic rings. The fourth-order valence-electron chi connectivity index (χ4n) is 1.55. The second-order valence-electron chi connectivity index (χ2n) is 3.59. The van der Waals surface area contributed by atoms with Crippen molar-refractivity contribution in [1.29, 1.82) is 0 Å². The zero-order chi connectivity index (χ0) is 10.6. The average molecular weight is 191 g/mol. The van der Waals surface area contributed by atoms with Gasteiger partial charge in [0.15, 0.2) is 0 Å². The number of hydrogen-bond donors (Lipinski definition) is 1. The number of Topliss-reactive ketones (excluding diaryl/α,β-unsaturated/α-hetero) is 1.